The number of thiazole rings is 1. The molecule has 0 amide bonds. The van der Waals surface area contributed by atoms with Crippen molar-refractivity contribution in [3.63, 3.8) is 0 Å². The van der Waals surface area contributed by atoms with Gasteiger partial charge in [0.25, 0.3) is 10.0 Å². The molecule has 0 fully saturated rings. The molecule has 0 unspecified atom stereocenters. The molecule has 0 aliphatic carbocycles. The zero-order chi connectivity index (χ0) is 18.4. The summed E-state index contributed by atoms with van der Waals surface area (Å²) >= 11 is 1.29. The first-order valence-electron chi connectivity index (χ1n) is 7.77. The standard InChI is InChI=1S/C18H20N2O3S2/c1-10-8-11(2)13(4)17(12(10)3)25(21,22)20-18-19-15-7-6-14(23-5)9-16(15)24-18/h6-9H,1-5H3,(H,19,20). The van der Waals surface area contributed by atoms with Gasteiger partial charge in [-0.25, -0.2) is 13.4 Å². The first kappa shape index (κ1) is 17.7. The van der Waals surface area contributed by atoms with E-state index in [-0.39, 0.29) is 0 Å². The van der Waals surface area contributed by atoms with Crippen LogP contribution < -0.4 is 9.46 Å². The summed E-state index contributed by atoms with van der Waals surface area (Å²) in [6.45, 7) is 7.51. The van der Waals surface area contributed by atoms with E-state index in [0.29, 0.717) is 15.8 Å². The lowest BCUT2D eigenvalue weighted by Gasteiger charge is -2.15. The van der Waals surface area contributed by atoms with E-state index in [2.05, 4.69) is 9.71 Å². The third-order valence-electron chi connectivity index (χ3n) is 4.38. The maximum atomic E-state index is 13.0. The highest BCUT2D eigenvalue weighted by Gasteiger charge is 2.23. The third-order valence-corrected chi connectivity index (χ3v) is 7.06. The Balaban J connectivity index is 2.06. The van der Waals surface area contributed by atoms with Crippen molar-refractivity contribution >= 4 is 36.7 Å². The Morgan fingerprint density at radius 1 is 1.04 bits per heavy atom. The van der Waals surface area contributed by atoms with Gasteiger partial charge in [-0.05, 0) is 68.1 Å². The van der Waals surface area contributed by atoms with Crippen LogP contribution in [0.3, 0.4) is 0 Å². The van der Waals surface area contributed by atoms with Crippen LogP contribution in [0.1, 0.15) is 22.3 Å². The average Bonchev–Trinajstić information content (AvgIpc) is 2.93. The van der Waals surface area contributed by atoms with Crippen LogP contribution in [0.25, 0.3) is 10.2 Å². The summed E-state index contributed by atoms with van der Waals surface area (Å²) in [5.41, 5.74) is 4.17. The van der Waals surface area contributed by atoms with Crippen LogP contribution in [0.5, 0.6) is 5.75 Å². The van der Waals surface area contributed by atoms with Crippen molar-refractivity contribution in [2.24, 2.45) is 0 Å². The molecule has 7 heteroatoms. The monoisotopic (exact) mass is 376 g/mol. The molecule has 0 aliphatic rings. The largest absolute Gasteiger partial charge is 0.497 e. The molecule has 0 saturated heterocycles. The van der Waals surface area contributed by atoms with Gasteiger partial charge in [0.2, 0.25) is 0 Å². The zero-order valence-corrected chi connectivity index (χ0v) is 16.4. The Morgan fingerprint density at radius 2 is 1.68 bits per heavy atom. The van der Waals surface area contributed by atoms with Crippen LogP contribution in [0.4, 0.5) is 5.13 Å². The molecule has 0 atom stereocenters. The molecule has 2 aromatic carbocycles. The van der Waals surface area contributed by atoms with Gasteiger partial charge in [0.15, 0.2) is 5.13 Å². The lowest BCUT2D eigenvalue weighted by atomic mass is 10.0. The van der Waals surface area contributed by atoms with Gasteiger partial charge in [0.05, 0.1) is 22.2 Å². The second kappa shape index (κ2) is 6.31. The van der Waals surface area contributed by atoms with Crippen LogP contribution in [-0.2, 0) is 10.0 Å². The van der Waals surface area contributed by atoms with E-state index in [0.717, 1.165) is 32.5 Å². The number of ether oxygens (including phenoxy) is 1. The maximum absolute atomic E-state index is 13.0. The average molecular weight is 377 g/mol. The highest BCUT2D eigenvalue weighted by atomic mass is 32.2. The van der Waals surface area contributed by atoms with E-state index in [4.69, 9.17) is 4.74 Å². The van der Waals surface area contributed by atoms with Gasteiger partial charge in [-0.3, -0.25) is 4.72 Å². The highest BCUT2D eigenvalue weighted by Crippen LogP contribution is 2.32. The summed E-state index contributed by atoms with van der Waals surface area (Å²) in [7, 11) is -2.12. The number of nitrogens with one attached hydrogen (secondary N) is 1. The summed E-state index contributed by atoms with van der Waals surface area (Å²) in [5.74, 6) is 0.714. The van der Waals surface area contributed by atoms with Crippen LogP contribution in [0.15, 0.2) is 29.2 Å². The molecule has 3 aromatic rings. The van der Waals surface area contributed by atoms with Gasteiger partial charge < -0.3 is 4.74 Å². The van der Waals surface area contributed by atoms with E-state index < -0.39 is 10.0 Å². The molecule has 25 heavy (non-hydrogen) atoms. The molecule has 5 nitrogen and oxygen atoms in total. The van der Waals surface area contributed by atoms with Crippen molar-refractivity contribution in [2.45, 2.75) is 32.6 Å². The van der Waals surface area contributed by atoms with E-state index in [1.165, 1.54) is 11.3 Å². The first-order valence-corrected chi connectivity index (χ1v) is 10.1. The quantitative estimate of drug-likeness (QED) is 0.735. The Bertz CT molecular complexity index is 1040. The summed E-state index contributed by atoms with van der Waals surface area (Å²) in [6.07, 6.45) is 0. The number of aryl methyl sites for hydroxylation is 2. The topological polar surface area (TPSA) is 68.3 Å². The molecule has 0 saturated carbocycles. The highest BCUT2D eigenvalue weighted by molar-refractivity contribution is 7.93. The molecular formula is C18H20N2O3S2. The van der Waals surface area contributed by atoms with Gasteiger partial charge >= 0.3 is 0 Å². The zero-order valence-electron chi connectivity index (χ0n) is 14.8. The molecule has 0 radical (unpaired) electrons. The number of sulfonamides is 1. The van der Waals surface area contributed by atoms with Crippen molar-refractivity contribution in [1.82, 2.24) is 4.98 Å². The Hall–Kier alpha value is -2.12. The predicted molar refractivity (Wildman–Crippen MR) is 102 cm³/mol. The van der Waals surface area contributed by atoms with Gasteiger partial charge in [-0.1, -0.05) is 17.4 Å². The minimum atomic E-state index is -3.72. The second-order valence-corrected chi connectivity index (χ2v) is 8.70. The van der Waals surface area contributed by atoms with Gasteiger partial charge in [-0.15, -0.1) is 0 Å². The molecular weight excluding hydrogens is 356 g/mol. The minimum Gasteiger partial charge on any atom is -0.497 e. The Morgan fingerprint density at radius 3 is 2.28 bits per heavy atom. The fourth-order valence-corrected chi connectivity index (χ4v) is 5.57. The molecule has 0 spiro atoms. The number of hydrogen-bond acceptors (Lipinski definition) is 5. The number of fused-ring (bicyclic) bond motifs is 1. The summed E-state index contributed by atoms with van der Waals surface area (Å²) in [4.78, 5) is 4.71. The summed E-state index contributed by atoms with van der Waals surface area (Å²) in [5, 5.41) is 0.348. The van der Waals surface area contributed by atoms with Gasteiger partial charge in [0, 0.05) is 0 Å². The number of nitrogens with zero attached hydrogens (tertiary/aromatic N) is 1. The van der Waals surface area contributed by atoms with Gasteiger partial charge in [0.1, 0.15) is 5.75 Å². The molecule has 0 bridgehead atoms. The van der Waals surface area contributed by atoms with Gasteiger partial charge in [-0.2, -0.15) is 0 Å². The number of benzene rings is 2. The Labute approximate surface area is 151 Å². The van der Waals surface area contributed by atoms with Crippen molar-refractivity contribution in [2.75, 3.05) is 11.8 Å². The molecule has 1 aromatic heterocycles. The number of methoxy groups -OCH3 is 1. The van der Waals surface area contributed by atoms with Crippen molar-refractivity contribution in [1.29, 1.82) is 0 Å². The van der Waals surface area contributed by atoms with E-state index in [9.17, 15) is 8.42 Å². The molecule has 0 aliphatic heterocycles. The smallest absolute Gasteiger partial charge is 0.264 e. The fourth-order valence-electron chi connectivity index (χ4n) is 2.83. The molecule has 3 rings (SSSR count). The van der Waals surface area contributed by atoms with Crippen LogP contribution in [-0.4, -0.2) is 20.5 Å². The van der Waals surface area contributed by atoms with Crippen LogP contribution in [0, 0.1) is 27.7 Å². The maximum Gasteiger partial charge on any atom is 0.264 e. The lowest BCUT2D eigenvalue weighted by Crippen LogP contribution is -2.16. The van der Waals surface area contributed by atoms with E-state index >= 15 is 0 Å². The number of anilines is 1. The van der Waals surface area contributed by atoms with Crippen molar-refractivity contribution in [3.8, 4) is 5.75 Å². The normalized spacial score (nSPS) is 11.7. The first-order chi connectivity index (χ1) is 11.7. The Kier molecular flexibility index (Phi) is 4.47. The fraction of sp³-hybridized carbons (Fsp3) is 0.278. The molecule has 1 N–H and O–H groups in total. The summed E-state index contributed by atoms with van der Waals surface area (Å²) in [6, 6.07) is 7.47. The van der Waals surface area contributed by atoms with Crippen molar-refractivity contribution < 1.29 is 13.2 Å². The van der Waals surface area contributed by atoms with E-state index in [1.54, 1.807) is 13.2 Å². The number of aromatic nitrogens is 1. The molecule has 1 heterocycles. The summed E-state index contributed by atoms with van der Waals surface area (Å²) < 4.78 is 34.7. The van der Waals surface area contributed by atoms with E-state index in [1.807, 2.05) is 45.9 Å². The van der Waals surface area contributed by atoms with Crippen LogP contribution in [0.2, 0.25) is 0 Å². The van der Waals surface area contributed by atoms with Crippen molar-refractivity contribution in [3.05, 3.63) is 46.5 Å². The number of rotatable bonds is 4. The second-order valence-electron chi connectivity index (χ2n) is 6.05. The predicted octanol–water partition coefficient (Wildman–Crippen LogP) is 4.34. The third kappa shape index (κ3) is 3.21. The number of hydrogen-bond donors (Lipinski definition) is 1. The lowest BCUT2D eigenvalue weighted by molar-refractivity contribution is 0.415. The minimum absolute atomic E-state index is 0.335. The molecule has 132 valence electrons. The SMILES string of the molecule is COc1ccc2nc(NS(=O)(=O)c3c(C)c(C)cc(C)c3C)sc2c1. The van der Waals surface area contributed by atoms with Crippen LogP contribution >= 0.6 is 11.3 Å².